The predicted octanol–water partition coefficient (Wildman–Crippen LogP) is 1.95. The lowest BCUT2D eigenvalue weighted by Crippen LogP contribution is -2.34. The van der Waals surface area contributed by atoms with E-state index in [4.69, 9.17) is 10.5 Å². The van der Waals surface area contributed by atoms with Crippen LogP contribution in [0.4, 0.5) is 5.69 Å². The molecule has 0 amide bonds. The molecule has 2 atom stereocenters. The Labute approximate surface area is 105 Å². The topological polar surface area (TPSA) is 91.3 Å². The van der Waals surface area contributed by atoms with Crippen LogP contribution in [0.25, 0.3) is 0 Å². The minimum Gasteiger partial charge on any atom is -0.474 e. The smallest absolute Gasteiger partial charge is 0.288 e. The van der Waals surface area contributed by atoms with Gasteiger partial charge < -0.3 is 10.5 Å². The summed E-state index contributed by atoms with van der Waals surface area (Å²) in [5, 5.41) is 10.6. The van der Waals surface area contributed by atoms with E-state index in [0.29, 0.717) is 11.4 Å². The quantitative estimate of drug-likeness (QED) is 0.654. The monoisotopic (exact) mass is 251 g/mol. The van der Waals surface area contributed by atoms with Crippen molar-refractivity contribution in [2.45, 2.75) is 44.8 Å². The van der Waals surface area contributed by atoms with Crippen molar-refractivity contribution in [3.63, 3.8) is 0 Å². The minimum absolute atomic E-state index is 0.0137. The third-order valence-electron chi connectivity index (χ3n) is 3.17. The fourth-order valence-corrected chi connectivity index (χ4v) is 2.22. The molecule has 98 valence electrons. The number of nitro groups is 1. The molecule has 0 aliphatic heterocycles. The van der Waals surface area contributed by atoms with Crippen LogP contribution < -0.4 is 10.5 Å². The molecule has 6 nitrogen and oxygen atoms in total. The summed E-state index contributed by atoms with van der Waals surface area (Å²) in [5.74, 6) is 0.472. The van der Waals surface area contributed by atoms with Gasteiger partial charge in [0.1, 0.15) is 12.3 Å². The number of rotatable bonds is 3. The van der Waals surface area contributed by atoms with Gasteiger partial charge in [0.15, 0.2) is 0 Å². The molecule has 2 unspecified atom stereocenters. The van der Waals surface area contributed by atoms with Crippen LogP contribution >= 0.6 is 0 Å². The molecule has 1 fully saturated rings. The highest BCUT2D eigenvalue weighted by molar-refractivity contribution is 5.36. The first-order valence-electron chi connectivity index (χ1n) is 6.09. The van der Waals surface area contributed by atoms with Crippen molar-refractivity contribution in [1.82, 2.24) is 4.98 Å². The molecule has 0 spiro atoms. The zero-order valence-corrected chi connectivity index (χ0v) is 10.3. The molecule has 0 saturated heterocycles. The lowest BCUT2D eigenvalue weighted by Gasteiger charge is -2.27. The summed E-state index contributed by atoms with van der Waals surface area (Å²) < 4.78 is 5.78. The summed E-state index contributed by atoms with van der Waals surface area (Å²) in [6, 6.07) is 1.66. The van der Waals surface area contributed by atoms with E-state index in [9.17, 15) is 10.1 Å². The summed E-state index contributed by atoms with van der Waals surface area (Å²) in [4.78, 5) is 14.2. The van der Waals surface area contributed by atoms with E-state index < -0.39 is 4.92 Å². The van der Waals surface area contributed by atoms with Gasteiger partial charge in [0.05, 0.1) is 4.92 Å². The van der Waals surface area contributed by atoms with Crippen LogP contribution in [0.5, 0.6) is 5.88 Å². The van der Waals surface area contributed by atoms with Crippen LogP contribution in [0.1, 0.15) is 31.2 Å². The molecule has 6 heteroatoms. The fourth-order valence-electron chi connectivity index (χ4n) is 2.22. The van der Waals surface area contributed by atoms with Crippen LogP contribution in [0, 0.1) is 17.0 Å². The van der Waals surface area contributed by atoms with Crippen LogP contribution in [0.2, 0.25) is 0 Å². The molecule has 0 aromatic carbocycles. The van der Waals surface area contributed by atoms with Gasteiger partial charge in [-0.3, -0.25) is 10.1 Å². The van der Waals surface area contributed by atoms with E-state index in [-0.39, 0.29) is 17.8 Å². The van der Waals surface area contributed by atoms with Crippen molar-refractivity contribution < 1.29 is 9.66 Å². The molecule has 1 aromatic heterocycles. The zero-order chi connectivity index (χ0) is 13.1. The highest BCUT2D eigenvalue weighted by atomic mass is 16.6. The molecule has 2 rings (SSSR count). The van der Waals surface area contributed by atoms with E-state index in [1.165, 1.54) is 12.3 Å². The third-order valence-corrected chi connectivity index (χ3v) is 3.17. The molecule has 0 bridgehead atoms. The Morgan fingerprint density at radius 3 is 2.94 bits per heavy atom. The first kappa shape index (κ1) is 12.8. The Morgan fingerprint density at radius 1 is 1.56 bits per heavy atom. The van der Waals surface area contributed by atoms with Crippen molar-refractivity contribution >= 4 is 5.69 Å². The second kappa shape index (κ2) is 5.30. The maximum absolute atomic E-state index is 10.6. The number of nitrogens with zero attached hydrogens (tertiary/aromatic N) is 2. The fraction of sp³-hybridized carbons (Fsp3) is 0.583. The SMILES string of the molecule is Cc1cc([N+](=O)[O-])cnc1OC1CCCC(N)C1. The number of hydrogen-bond donors (Lipinski definition) is 1. The minimum atomic E-state index is -0.458. The van der Waals surface area contributed by atoms with Crippen LogP contribution in [0.15, 0.2) is 12.3 Å². The number of aryl methyl sites for hydroxylation is 1. The van der Waals surface area contributed by atoms with Crippen molar-refractivity contribution in [3.05, 3.63) is 27.9 Å². The summed E-state index contributed by atoms with van der Waals surface area (Å²) >= 11 is 0. The number of pyridine rings is 1. The van der Waals surface area contributed by atoms with Gasteiger partial charge in [-0.1, -0.05) is 0 Å². The van der Waals surface area contributed by atoms with E-state index in [0.717, 1.165) is 25.7 Å². The number of hydrogen-bond acceptors (Lipinski definition) is 5. The van der Waals surface area contributed by atoms with Crippen LogP contribution in [0.3, 0.4) is 0 Å². The first-order chi connectivity index (χ1) is 8.56. The van der Waals surface area contributed by atoms with E-state index in [1.807, 2.05) is 0 Å². The number of ether oxygens (including phenoxy) is 1. The molecule has 1 aromatic rings. The molecule has 1 saturated carbocycles. The normalized spacial score (nSPS) is 23.7. The van der Waals surface area contributed by atoms with Gasteiger partial charge >= 0.3 is 0 Å². The molecular formula is C12H17N3O3. The number of aromatic nitrogens is 1. The molecule has 1 aliphatic carbocycles. The lowest BCUT2D eigenvalue weighted by molar-refractivity contribution is -0.385. The van der Waals surface area contributed by atoms with Crippen molar-refractivity contribution in [1.29, 1.82) is 0 Å². The van der Waals surface area contributed by atoms with Gasteiger partial charge in [0.25, 0.3) is 5.69 Å². The second-order valence-electron chi connectivity index (χ2n) is 4.74. The van der Waals surface area contributed by atoms with Gasteiger partial charge in [-0.05, 0) is 32.6 Å². The van der Waals surface area contributed by atoms with E-state index in [2.05, 4.69) is 4.98 Å². The van der Waals surface area contributed by atoms with E-state index in [1.54, 1.807) is 6.92 Å². The Hall–Kier alpha value is -1.69. The molecule has 0 radical (unpaired) electrons. The molecular weight excluding hydrogens is 234 g/mol. The highest BCUT2D eigenvalue weighted by Gasteiger charge is 2.22. The summed E-state index contributed by atoms with van der Waals surface area (Å²) in [5.41, 5.74) is 6.56. The molecule has 18 heavy (non-hydrogen) atoms. The second-order valence-corrected chi connectivity index (χ2v) is 4.74. The van der Waals surface area contributed by atoms with Crippen molar-refractivity contribution in [2.24, 2.45) is 5.73 Å². The standard InChI is InChI=1S/C12H17N3O3/c1-8-5-10(15(16)17)7-14-12(8)18-11-4-2-3-9(13)6-11/h5,7,9,11H,2-4,6,13H2,1H3. The largest absolute Gasteiger partial charge is 0.474 e. The van der Waals surface area contributed by atoms with Gasteiger partial charge in [0.2, 0.25) is 5.88 Å². The van der Waals surface area contributed by atoms with Gasteiger partial charge in [-0.15, -0.1) is 0 Å². The summed E-state index contributed by atoms with van der Waals surface area (Å²) in [7, 11) is 0. The van der Waals surface area contributed by atoms with Gasteiger partial charge in [-0.25, -0.2) is 4.98 Å². The van der Waals surface area contributed by atoms with Crippen molar-refractivity contribution in [3.8, 4) is 5.88 Å². The third kappa shape index (κ3) is 2.95. The highest BCUT2D eigenvalue weighted by Crippen LogP contribution is 2.25. The maximum atomic E-state index is 10.6. The Bertz CT molecular complexity index is 450. The van der Waals surface area contributed by atoms with Gasteiger partial charge in [-0.2, -0.15) is 0 Å². The zero-order valence-electron chi connectivity index (χ0n) is 10.3. The molecule has 2 N–H and O–H groups in total. The summed E-state index contributed by atoms with van der Waals surface area (Å²) in [6.45, 7) is 1.76. The first-order valence-corrected chi connectivity index (χ1v) is 6.09. The summed E-state index contributed by atoms with van der Waals surface area (Å²) in [6.07, 6.45) is 5.17. The Balaban J connectivity index is 2.07. The van der Waals surface area contributed by atoms with Gasteiger partial charge in [0, 0.05) is 17.7 Å². The van der Waals surface area contributed by atoms with Crippen LogP contribution in [-0.2, 0) is 0 Å². The Morgan fingerprint density at radius 2 is 2.33 bits per heavy atom. The predicted molar refractivity (Wildman–Crippen MR) is 66.5 cm³/mol. The van der Waals surface area contributed by atoms with Crippen molar-refractivity contribution in [2.75, 3.05) is 0 Å². The maximum Gasteiger partial charge on any atom is 0.288 e. The molecule has 1 aliphatic rings. The number of nitrogens with two attached hydrogens (primary N) is 1. The van der Waals surface area contributed by atoms with Crippen LogP contribution in [-0.4, -0.2) is 22.1 Å². The molecule has 1 heterocycles. The average molecular weight is 251 g/mol. The lowest BCUT2D eigenvalue weighted by atomic mass is 9.93. The average Bonchev–Trinajstić information content (AvgIpc) is 2.31. The van der Waals surface area contributed by atoms with E-state index >= 15 is 0 Å². The Kier molecular flexibility index (Phi) is 3.76.